The number of carbonyl (C=O) groups is 1. The summed E-state index contributed by atoms with van der Waals surface area (Å²) in [6.45, 7) is 2.83. The molecule has 1 aromatic rings. The van der Waals surface area contributed by atoms with Crippen LogP contribution in [0.1, 0.15) is 32.6 Å². The van der Waals surface area contributed by atoms with Gasteiger partial charge in [0.2, 0.25) is 0 Å². The van der Waals surface area contributed by atoms with Gasteiger partial charge in [0, 0.05) is 25.2 Å². The van der Waals surface area contributed by atoms with Gasteiger partial charge in [0.25, 0.3) is 5.56 Å². The summed E-state index contributed by atoms with van der Waals surface area (Å²) in [6, 6.07) is 3.12. The van der Waals surface area contributed by atoms with Gasteiger partial charge in [0.15, 0.2) is 0 Å². The van der Waals surface area contributed by atoms with Crippen molar-refractivity contribution in [1.29, 1.82) is 0 Å². The van der Waals surface area contributed by atoms with Crippen molar-refractivity contribution in [2.24, 2.45) is 0 Å². The number of nitrogens with zero attached hydrogens (tertiary/aromatic N) is 2. The van der Waals surface area contributed by atoms with E-state index in [-0.39, 0.29) is 11.5 Å². The molecular weight excluding hydrogens is 220 g/mol. The quantitative estimate of drug-likeness (QED) is 0.531. The molecule has 0 aliphatic heterocycles. The molecule has 1 rings (SSSR count). The zero-order chi connectivity index (χ0) is 12.5. The van der Waals surface area contributed by atoms with Crippen LogP contribution in [0.2, 0.25) is 0 Å². The molecule has 5 nitrogen and oxygen atoms in total. The van der Waals surface area contributed by atoms with Crippen LogP contribution >= 0.6 is 0 Å². The van der Waals surface area contributed by atoms with Crippen molar-refractivity contribution in [3.05, 3.63) is 28.7 Å². The van der Waals surface area contributed by atoms with Crippen molar-refractivity contribution in [3.8, 4) is 0 Å². The van der Waals surface area contributed by atoms with Crippen molar-refractivity contribution < 1.29 is 9.53 Å². The number of rotatable bonds is 7. The van der Waals surface area contributed by atoms with Crippen LogP contribution in [0.15, 0.2) is 23.1 Å². The van der Waals surface area contributed by atoms with Gasteiger partial charge in [-0.2, -0.15) is 5.10 Å². The lowest BCUT2D eigenvalue weighted by Gasteiger charge is -2.03. The zero-order valence-corrected chi connectivity index (χ0v) is 10.1. The van der Waals surface area contributed by atoms with E-state index in [9.17, 15) is 9.59 Å². The highest BCUT2D eigenvalue weighted by Gasteiger charge is 2.01. The summed E-state index contributed by atoms with van der Waals surface area (Å²) in [5.74, 6) is -0.150. The molecule has 0 atom stereocenters. The van der Waals surface area contributed by atoms with Crippen LogP contribution in [0.5, 0.6) is 0 Å². The van der Waals surface area contributed by atoms with Crippen LogP contribution in [-0.4, -0.2) is 22.4 Å². The molecule has 0 unspecified atom stereocenters. The maximum absolute atomic E-state index is 11.3. The standard InChI is InChI=1S/C12H18N2O3/c1-2-17-12(16)8-4-3-5-10-14-11(15)7-6-9-13-14/h6-7,9H,2-5,8,10H2,1H3. The molecule has 0 aromatic carbocycles. The summed E-state index contributed by atoms with van der Waals surface area (Å²) in [5.41, 5.74) is -0.0853. The first kappa shape index (κ1) is 13.4. The number of ether oxygens (including phenoxy) is 1. The highest BCUT2D eigenvalue weighted by Crippen LogP contribution is 2.02. The summed E-state index contributed by atoms with van der Waals surface area (Å²) >= 11 is 0. The van der Waals surface area contributed by atoms with Crippen LogP contribution in [-0.2, 0) is 16.1 Å². The normalized spacial score (nSPS) is 10.2. The number of hydrogen-bond acceptors (Lipinski definition) is 4. The number of aromatic nitrogens is 2. The Morgan fingerprint density at radius 2 is 2.24 bits per heavy atom. The van der Waals surface area contributed by atoms with E-state index in [2.05, 4.69) is 5.10 Å². The van der Waals surface area contributed by atoms with E-state index in [1.807, 2.05) is 0 Å². The predicted molar refractivity (Wildman–Crippen MR) is 63.6 cm³/mol. The van der Waals surface area contributed by atoms with Gasteiger partial charge in [-0.25, -0.2) is 4.68 Å². The number of aryl methyl sites for hydroxylation is 1. The molecule has 0 bridgehead atoms. The lowest BCUT2D eigenvalue weighted by Crippen LogP contribution is -2.21. The van der Waals surface area contributed by atoms with E-state index in [1.165, 1.54) is 10.7 Å². The fourth-order valence-electron chi connectivity index (χ4n) is 1.50. The van der Waals surface area contributed by atoms with E-state index in [0.29, 0.717) is 19.6 Å². The first-order valence-corrected chi connectivity index (χ1v) is 5.92. The van der Waals surface area contributed by atoms with Gasteiger partial charge in [-0.05, 0) is 25.8 Å². The van der Waals surface area contributed by atoms with E-state index >= 15 is 0 Å². The van der Waals surface area contributed by atoms with Crippen molar-refractivity contribution >= 4 is 5.97 Å². The van der Waals surface area contributed by atoms with Gasteiger partial charge >= 0.3 is 5.97 Å². The summed E-state index contributed by atoms with van der Waals surface area (Å²) in [4.78, 5) is 22.3. The molecule has 0 N–H and O–H groups in total. The SMILES string of the molecule is CCOC(=O)CCCCCn1ncccc1=O. The minimum Gasteiger partial charge on any atom is -0.466 e. The molecular formula is C12H18N2O3. The highest BCUT2D eigenvalue weighted by molar-refractivity contribution is 5.69. The molecule has 0 fully saturated rings. The van der Waals surface area contributed by atoms with Gasteiger partial charge < -0.3 is 4.74 Å². The van der Waals surface area contributed by atoms with Gasteiger partial charge in [0.05, 0.1) is 6.61 Å². The maximum atomic E-state index is 11.3. The van der Waals surface area contributed by atoms with Crippen molar-refractivity contribution in [2.75, 3.05) is 6.61 Å². The van der Waals surface area contributed by atoms with E-state index < -0.39 is 0 Å². The van der Waals surface area contributed by atoms with Crippen molar-refractivity contribution in [1.82, 2.24) is 9.78 Å². The third-order valence-corrected chi connectivity index (χ3v) is 2.34. The van der Waals surface area contributed by atoms with Crippen LogP contribution < -0.4 is 5.56 Å². The largest absolute Gasteiger partial charge is 0.466 e. The van der Waals surface area contributed by atoms with Gasteiger partial charge in [-0.3, -0.25) is 9.59 Å². The van der Waals surface area contributed by atoms with Crippen LogP contribution in [0.4, 0.5) is 0 Å². The molecule has 1 aromatic heterocycles. The monoisotopic (exact) mass is 238 g/mol. The molecule has 0 radical (unpaired) electrons. The first-order valence-electron chi connectivity index (χ1n) is 5.92. The Labute approximate surface area is 100 Å². The molecule has 0 saturated heterocycles. The van der Waals surface area contributed by atoms with Gasteiger partial charge in [0.1, 0.15) is 0 Å². The fourth-order valence-corrected chi connectivity index (χ4v) is 1.50. The average Bonchev–Trinajstić information content (AvgIpc) is 2.31. The average molecular weight is 238 g/mol. The first-order chi connectivity index (χ1) is 8.24. The minimum atomic E-state index is -0.150. The molecule has 0 aliphatic rings. The molecule has 94 valence electrons. The third kappa shape index (κ3) is 5.29. The topological polar surface area (TPSA) is 61.2 Å². The Hall–Kier alpha value is -1.65. The van der Waals surface area contributed by atoms with E-state index in [0.717, 1.165) is 19.3 Å². The fraction of sp³-hybridized carbons (Fsp3) is 0.583. The molecule has 0 spiro atoms. The highest BCUT2D eigenvalue weighted by atomic mass is 16.5. The van der Waals surface area contributed by atoms with Crippen LogP contribution in [0, 0.1) is 0 Å². The van der Waals surface area contributed by atoms with Crippen molar-refractivity contribution in [2.45, 2.75) is 39.2 Å². The molecule has 0 saturated carbocycles. The molecule has 1 heterocycles. The van der Waals surface area contributed by atoms with Gasteiger partial charge in [-0.1, -0.05) is 6.42 Å². The number of hydrogen-bond donors (Lipinski definition) is 0. The lowest BCUT2D eigenvalue weighted by molar-refractivity contribution is -0.143. The number of unbranched alkanes of at least 4 members (excludes halogenated alkanes) is 2. The lowest BCUT2D eigenvalue weighted by atomic mass is 10.2. The number of esters is 1. The number of carbonyl (C=O) groups excluding carboxylic acids is 1. The summed E-state index contributed by atoms with van der Waals surface area (Å²) in [7, 11) is 0. The molecule has 0 aliphatic carbocycles. The molecule has 5 heteroatoms. The van der Waals surface area contributed by atoms with Gasteiger partial charge in [-0.15, -0.1) is 0 Å². The Morgan fingerprint density at radius 1 is 1.41 bits per heavy atom. The smallest absolute Gasteiger partial charge is 0.305 e. The summed E-state index contributed by atoms with van der Waals surface area (Å²) in [6.07, 6.45) is 4.57. The third-order valence-electron chi connectivity index (χ3n) is 2.34. The Kier molecular flexibility index (Phi) is 5.99. The van der Waals surface area contributed by atoms with Crippen LogP contribution in [0.25, 0.3) is 0 Å². The Bertz CT molecular complexity index is 401. The van der Waals surface area contributed by atoms with Crippen LogP contribution in [0.3, 0.4) is 0 Å². The second-order valence-corrected chi connectivity index (χ2v) is 3.70. The molecule has 17 heavy (non-hydrogen) atoms. The summed E-state index contributed by atoms with van der Waals surface area (Å²) < 4.78 is 6.25. The Balaban J connectivity index is 2.15. The summed E-state index contributed by atoms with van der Waals surface area (Å²) in [5, 5.41) is 3.95. The second kappa shape index (κ2) is 7.60. The molecule has 0 amide bonds. The zero-order valence-electron chi connectivity index (χ0n) is 10.1. The van der Waals surface area contributed by atoms with Crippen molar-refractivity contribution in [3.63, 3.8) is 0 Å². The second-order valence-electron chi connectivity index (χ2n) is 3.70. The predicted octanol–water partition coefficient (Wildman–Crippen LogP) is 1.37. The van der Waals surface area contributed by atoms with E-state index in [4.69, 9.17) is 4.74 Å². The Morgan fingerprint density at radius 3 is 2.94 bits per heavy atom. The maximum Gasteiger partial charge on any atom is 0.305 e. The minimum absolute atomic E-state index is 0.0853. The van der Waals surface area contributed by atoms with E-state index in [1.54, 1.807) is 19.2 Å².